The Morgan fingerprint density at radius 2 is 1.82 bits per heavy atom. The number of carbonyl (C=O) groups is 1. The first-order valence-corrected chi connectivity index (χ1v) is 5.45. The third kappa shape index (κ3) is 5.21. The molecule has 0 aliphatic rings. The molecule has 1 atom stereocenters. The van der Waals surface area contributed by atoms with Gasteiger partial charge < -0.3 is 15.0 Å². The fourth-order valence-electron chi connectivity index (χ4n) is 1.67. The second kappa shape index (κ2) is 7.88. The van der Waals surface area contributed by atoms with Crippen LogP contribution in [-0.2, 0) is 11.2 Å². The van der Waals surface area contributed by atoms with Crippen molar-refractivity contribution in [3.05, 3.63) is 35.4 Å². The molecule has 0 radical (unpaired) electrons. The molecule has 0 aliphatic heterocycles. The average molecular weight is 244 g/mol. The molecule has 1 aromatic carbocycles. The molecule has 0 aromatic heterocycles. The van der Waals surface area contributed by atoms with Gasteiger partial charge in [0.1, 0.15) is 0 Å². The molecule has 1 unspecified atom stereocenters. The number of aliphatic carboxylic acids is 1. The summed E-state index contributed by atoms with van der Waals surface area (Å²) in [7, 11) is 0. The molecule has 0 heterocycles. The largest absolute Gasteiger partial charge is 1.00 e. The summed E-state index contributed by atoms with van der Waals surface area (Å²) >= 11 is 0. The Labute approximate surface area is 124 Å². The maximum absolute atomic E-state index is 10.7. The number of benzene rings is 1. The Morgan fingerprint density at radius 1 is 1.29 bits per heavy atom. The summed E-state index contributed by atoms with van der Waals surface area (Å²) in [5, 5.41) is 19.7. The van der Waals surface area contributed by atoms with E-state index in [0.29, 0.717) is 11.5 Å². The number of hydrogen-bond donors (Lipinski definition) is 1. The van der Waals surface area contributed by atoms with E-state index in [9.17, 15) is 9.90 Å². The van der Waals surface area contributed by atoms with Gasteiger partial charge in [0.15, 0.2) is 0 Å². The number of hydrogen-bond acceptors (Lipinski definition) is 3. The zero-order chi connectivity index (χ0) is 12.1. The molecule has 0 saturated carbocycles. The van der Waals surface area contributed by atoms with E-state index >= 15 is 0 Å². The van der Waals surface area contributed by atoms with Gasteiger partial charge in [-0.15, -0.1) is 0 Å². The molecular formula is C13H17NaO3. The van der Waals surface area contributed by atoms with Gasteiger partial charge in [0.2, 0.25) is 0 Å². The number of carbonyl (C=O) groups excluding carboxylic acids is 1. The molecule has 88 valence electrons. The van der Waals surface area contributed by atoms with E-state index in [4.69, 9.17) is 5.11 Å². The Bertz CT molecular complexity index is 346. The summed E-state index contributed by atoms with van der Waals surface area (Å²) in [6.07, 6.45) is 0.968. The minimum atomic E-state index is -1.24. The molecule has 3 nitrogen and oxygen atoms in total. The van der Waals surface area contributed by atoms with Crippen LogP contribution in [0, 0.1) is 5.92 Å². The Kier molecular flexibility index (Phi) is 7.71. The van der Waals surface area contributed by atoms with Crippen LogP contribution in [0.25, 0.3) is 0 Å². The SMILES string of the molecule is CC(C)Cc1ccc(C(CO)C(=O)[O-])cc1.[Na+]. The van der Waals surface area contributed by atoms with Crippen LogP contribution in [0.1, 0.15) is 30.9 Å². The van der Waals surface area contributed by atoms with Crippen LogP contribution in [0.2, 0.25) is 0 Å². The van der Waals surface area contributed by atoms with Crippen molar-refractivity contribution in [3.8, 4) is 0 Å². The monoisotopic (exact) mass is 244 g/mol. The first-order chi connectivity index (χ1) is 7.54. The second-order valence-corrected chi connectivity index (χ2v) is 4.39. The third-order valence-electron chi connectivity index (χ3n) is 2.49. The standard InChI is InChI=1S/C13H18O3.Na/c1-9(2)7-10-3-5-11(6-4-10)12(8-14)13(15)16;/h3-6,9,12,14H,7-8H2,1-2H3,(H,15,16);/q;+1/p-1. The van der Waals surface area contributed by atoms with E-state index in [1.165, 1.54) is 5.56 Å². The number of aliphatic hydroxyl groups excluding tert-OH is 1. The van der Waals surface area contributed by atoms with E-state index in [0.717, 1.165) is 6.42 Å². The van der Waals surface area contributed by atoms with Gasteiger partial charge in [-0.2, -0.15) is 0 Å². The van der Waals surface area contributed by atoms with Crippen molar-refractivity contribution in [2.45, 2.75) is 26.2 Å². The van der Waals surface area contributed by atoms with Crippen LogP contribution in [-0.4, -0.2) is 17.7 Å². The maximum Gasteiger partial charge on any atom is 1.00 e. The molecule has 0 fully saturated rings. The smallest absolute Gasteiger partial charge is 0.549 e. The van der Waals surface area contributed by atoms with Crippen molar-refractivity contribution in [2.24, 2.45) is 5.92 Å². The van der Waals surface area contributed by atoms with Crippen molar-refractivity contribution in [2.75, 3.05) is 6.61 Å². The van der Waals surface area contributed by atoms with Crippen LogP contribution in [0.4, 0.5) is 0 Å². The minimum Gasteiger partial charge on any atom is -0.549 e. The average Bonchev–Trinajstić information content (AvgIpc) is 2.20. The molecule has 0 saturated heterocycles. The summed E-state index contributed by atoms with van der Waals surface area (Å²) in [4.78, 5) is 10.7. The molecule has 0 bridgehead atoms. The van der Waals surface area contributed by atoms with Gasteiger partial charge in [0.05, 0.1) is 12.6 Å². The van der Waals surface area contributed by atoms with E-state index < -0.39 is 18.5 Å². The molecule has 17 heavy (non-hydrogen) atoms. The number of rotatable bonds is 5. The normalized spacial score (nSPS) is 12.0. The number of aliphatic hydroxyl groups is 1. The van der Waals surface area contributed by atoms with Gasteiger partial charge in [-0.25, -0.2) is 0 Å². The van der Waals surface area contributed by atoms with Gasteiger partial charge in [-0.3, -0.25) is 0 Å². The zero-order valence-corrected chi connectivity index (χ0v) is 12.6. The summed E-state index contributed by atoms with van der Waals surface area (Å²) in [6, 6.07) is 7.30. The minimum absolute atomic E-state index is 0. The predicted octanol–water partition coefficient (Wildman–Crippen LogP) is -2.29. The quantitative estimate of drug-likeness (QED) is 0.593. The van der Waals surface area contributed by atoms with Crippen molar-refractivity contribution in [3.63, 3.8) is 0 Å². The summed E-state index contributed by atoms with van der Waals surface area (Å²) in [5.74, 6) is -1.59. The number of carboxylic acids is 1. The van der Waals surface area contributed by atoms with Gasteiger partial charge in [0.25, 0.3) is 0 Å². The van der Waals surface area contributed by atoms with E-state index in [1.54, 1.807) is 12.1 Å². The fourth-order valence-corrected chi connectivity index (χ4v) is 1.67. The van der Waals surface area contributed by atoms with E-state index in [1.807, 2.05) is 12.1 Å². The number of carboxylic acid groups (broad SMARTS) is 1. The summed E-state index contributed by atoms with van der Waals surface area (Å²) in [5.41, 5.74) is 1.77. The summed E-state index contributed by atoms with van der Waals surface area (Å²) in [6.45, 7) is 3.84. The second-order valence-electron chi connectivity index (χ2n) is 4.39. The van der Waals surface area contributed by atoms with Crippen LogP contribution in [0.5, 0.6) is 0 Å². The van der Waals surface area contributed by atoms with E-state index in [2.05, 4.69) is 13.8 Å². The van der Waals surface area contributed by atoms with Gasteiger partial charge in [0, 0.05) is 5.92 Å². The van der Waals surface area contributed by atoms with Crippen molar-refractivity contribution >= 4 is 5.97 Å². The molecule has 0 spiro atoms. The van der Waals surface area contributed by atoms with Crippen LogP contribution in [0.15, 0.2) is 24.3 Å². The molecule has 1 rings (SSSR count). The van der Waals surface area contributed by atoms with Gasteiger partial charge in [-0.1, -0.05) is 38.1 Å². The van der Waals surface area contributed by atoms with Crippen molar-refractivity contribution in [1.29, 1.82) is 0 Å². The Balaban J connectivity index is 0.00000256. The molecule has 0 aliphatic carbocycles. The maximum atomic E-state index is 10.7. The molecule has 1 N–H and O–H groups in total. The molecule has 4 heteroatoms. The van der Waals surface area contributed by atoms with Crippen molar-refractivity contribution in [1.82, 2.24) is 0 Å². The van der Waals surface area contributed by atoms with Crippen LogP contribution < -0.4 is 34.7 Å². The molecule has 0 amide bonds. The van der Waals surface area contributed by atoms with Gasteiger partial charge >= 0.3 is 29.6 Å². The summed E-state index contributed by atoms with van der Waals surface area (Å²) < 4.78 is 0. The first kappa shape index (κ1) is 16.6. The Morgan fingerprint density at radius 3 is 2.18 bits per heavy atom. The topological polar surface area (TPSA) is 60.4 Å². The Hall–Kier alpha value is -0.350. The predicted molar refractivity (Wildman–Crippen MR) is 59.8 cm³/mol. The zero-order valence-electron chi connectivity index (χ0n) is 10.6. The third-order valence-corrected chi connectivity index (χ3v) is 2.49. The van der Waals surface area contributed by atoms with Crippen LogP contribution in [0.3, 0.4) is 0 Å². The fraction of sp³-hybridized carbons (Fsp3) is 0.462. The van der Waals surface area contributed by atoms with Crippen molar-refractivity contribution < 1.29 is 44.6 Å². The van der Waals surface area contributed by atoms with Gasteiger partial charge in [-0.05, 0) is 23.5 Å². The first-order valence-electron chi connectivity index (χ1n) is 5.45. The van der Waals surface area contributed by atoms with Crippen LogP contribution >= 0.6 is 0 Å². The van der Waals surface area contributed by atoms with E-state index in [-0.39, 0.29) is 29.6 Å². The molecule has 1 aromatic rings. The molecular weight excluding hydrogens is 227 g/mol.